The van der Waals surface area contributed by atoms with Crippen molar-refractivity contribution in [3.8, 4) is 5.75 Å². The number of nitrogens with two attached hydrogens (primary N) is 1. The molecular formula is C14H21N3O3. The molecule has 1 aromatic rings. The Morgan fingerprint density at radius 1 is 1.60 bits per heavy atom. The molecule has 20 heavy (non-hydrogen) atoms. The Hall–Kier alpha value is -1.79. The number of benzene rings is 1. The first-order valence-corrected chi connectivity index (χ1v) is 6.72. The minimum Gasteiger partial charge on any atom is -0.494 e. The van der Waals surface area contributed by atoms with E-state index in [4.69, 9.17) is 10.5 Å². The first kappa shape index (κ1) is 14.6. The summed E-state index contributed by atoms with van der Waals surface area (Å²) in [7, 11) is 1.53. The number of carbonyl (C=O) groups excluding carboxylic acids is 1. The van der Waals surface area contributed by atoms with Crippen LogP contribution in [-0.2, 0) is 4.79 Å². The number of aliphatic hydroxyl groups excluding tert-OH is 1. The van der Waals surface area contributed by atoms with Gasteiger partial charge in [0.05, 0.1) is 25.4 Å². The van der Waals surface area contributed by atoms with Gasteiger partial charge in [-0.25, -0.2) is 0 Å². The molecule has 110 valence electrons. The highest BCUT2D eigenvalue weighted by Gasteiger charge is 2.20. The summed E-state index contributed by atoms with van der Waals surface area (Å²) in [5.41, 5.74) is 6.85. The quantitative estimate of drug-likeness (QED) is 0.705. The van der Waals surface area contributed by atoms with Crippen molar-refractivity contribution < 1.29 is 14.6 Å². The number of rotatable bonds is 4. The molecule has 1 atom stereocenters. The van der Waals surface area contributed by atoms with Crippen LogP contribution in [0.15, 0.2) is 18.2 Å². The van der Waals surface area contributed by atoms with E-state index in [-0.39, 0.29) is 18.6 Å². The Morgan fingerprint density at radius 3 is 3.10 bits per heavy atom. The third kappa shape index (κ3) is 3.85. The van der Waals surface area contributed by atoms with Crippen LogP contribution in [0.1, 0.15) is 12.8 Å². The number of nitrogens with zero attached hydrogens (tertiary/aromatic N) is 1. The maximum absolute atomic E-state index is 12.0. The molecule has 6 nitrogen and oxygen atoms in total. The summed E-state index contributed by atoms with van der Waals surface area (Å²) in [6.07, 6.45) is 1.39. The number of piperidine rings is 1. The Labute approximate surface area is 118 Å². The number of anilines is 2. The molecular weight excluding hydrogens is 258 g/mol. The lowest BCUT2D eigenvalue weighted by Crippen LogP contribution is -2.42. The highest BCUT2D eigenvalue weighted by atomic mass is 16.5. The molecule has 1 heterocycles. The highest BCUT2D eigenvalue weighted by Crippen LogP contribution is 2.26. The van der Waals surface area contributed by atoms with Crippen LogP contribution in [-0.4, -0.2) is 48.8 Å². The number of nitrogen functional groups attached to an aromatic ring is 1. The van der Waals surface area contributed by atoms with Gasteiger partial charge in [-0.15, -0.1) is 0 Å². The van der Waals surface area contributed by atoms with Crippen molar-refractivity contribution in [1.82, 2.24) is 4.90 Å². The summed E-state index contributed by atoms with van der Waals surface area (Å²) >= 11 is 0. The number of β-amino-alcohol motifs (C(OH)–C–C–N with tert-alkyl or cyclic N) is 1. The molecule has 0 radical (unpaired) electrons. The molecule has 1 saturated heterocycles. The largest absolute Gasteiger partial charge is 0.494 e. The van der Waals surface area contributed by atoms with Gasteiger partial charge in [0.25, 0.3) is 0 Å². The molecule has 0 aromatic heterocycles. The lowest BCUT2D eigenvalue weighted by Gasteiger charge is -2.29. The second kappa shape index (κ2) is 6.58. The number of methoxy groups -OCH3 is 1. The van der Waals surface area contributed by atoms with Gasteiger partial charge in [0.15, 0.2) is 0 Å². The van der Waals surface area contributed by atoms with Gasteiger partial charge < -0.3 is 20.9 Å². The Balaban J connectivity index is 1.94. The standard InChI is InChI=1S/C14H21N3O3/c1-20-13-7-10(15)4-5-12(13)16-14(19)9-17-6-2-3-11(18)8-17/h4-5,7,11,18H,2-3,6,8-9,15H2,1H3,(H,16,19). The zero-order valence-corrected chi connectivity index (χ0v) is 11.6. The average molecular weight is 279 g/mol. The number of hydrogen-bond acceptors (Lipinski definition) is 5. The Morgan fingerprint density at radius 2 is 2.40 bits per heavy atom. The molecule has 2 rings (SSSR count). The number of likely N-dealkylation sites (tertiary alicyclic amines) is 1. The second-order valence-corrected chi connectivity index (χ2v) is 5.04. The normalized spacial score (nSPS) is 19.6. The lowest BCUT2D eigenvalue weighted by molar-refractivity contribution is -0.118. The average Bonchev–Trinajstić information content (AvgIpc) is 2.40. The maximum Gasteiger partial charge on any atom is 0.238 e. The monoisotopic (exact) mass is 279 g/mol. The zero-order valence-electron chi connectivity index (χ0n) is 11.6. The number of ether oxygens (including phenoxy) is 1. The molecule has 4 N–H and O–H groups in total. The van der Waals surface area contributed by atoms with Crippen molar-refractivity contribution in [3.63, 3.8) is 0 Å². The summed E-state index contributed by atoms with van der Waals surface area (Å²) in [6, 6.07) is 5.10. The van der Waals surface area contributed by atoms with Crippen LogP contribution in [0, 0.1) is 0 Å². The van der Waals surface area contributed by atoms with E-state index in [1.54, 1.807) is 18.2 Å². The number of aliphatic hydroxyl groups is 1. The van der Waals surface area contributed by atoms with E-state index in [0.717, 1.165) is 19.4 Å². The van der Waals surface area contributed by atoms with Crippen molar-refractivity contribution in [2.75, 3.05) is 37.8 Å². The van der Waals surface area contributed by atoms with E-state index < -0.39 is 0 Å². The smallest absolute Gasteiger partial charge is 0.238 e. The van der Waals surface area contributed by atoms with Crippen molar-refractivity contribution in [1.29, 1.82) is 0 Å². The van der Waals surface area contributed by atoms with Gasteiger partial charge >= 0.3 is 0 Å². The molecule has 1 aliphatic heterocycles. The van der Waals surface area contributed by atoms with E-state index in [1.165, 1.54) is 7.11 Å². The summed E-state index contributed by atoms with van der Waals surface area (Å²) < 4.78 is 5.19. The molecule has 6 heteroatoms. The van der Waals surface area contributed by atoms with Crippen molar-refractivity contribution >= 4 is 17.3 Å². The fourth-order valence-electron chi connectivity index (χ4n) is 2.38. The fourth-order valence-corrected chi connectivity index (χ4v) is 2.38. The van der Waals surface area contributed by atoms with Gasteiger partial charge in [-0.1, -0.05) is 0 Å². The second-order valence-electron chi connectivity index (χ2n) is 5.04. The van der Waals surface area contributed by atoms with Crippen LogP contribution in [0.5, 0.6) is 5.75 Å². The van der Waals surface area contributed by atoms with Crippen LogP contribution in [0.2, 0.25) is 0 Å². The third-order valence-corrected chi connectivity index (χ3v) is 3.35. The molecule has 0 spiro atoms. The molecule has 1 unspecified atom stereocenters. The third-order valence-electron chi connectivity index (χ3n) is 3.35. The minimum atomic E-state index is -0.331. The predicted molar refractivity (Wildman–Crippen MR) is 77.7 cm³/mol. The molecule has 1 aromatic carbocycles. The minimum absolute atomic E-state index is 0.123. The van der Waals surface area contributed by atoms with Crippen LogP contribution in [0.3, 0.4) is 0 Å². The van der Waals surface area contributed by atoms with Crippen molar-refractivity contribution in [3.05, 3.63) is 18.2 Å². The summed E-state index contributed by atoms with van der Waals surface area (Å²) in [6.45, 7) is 1.65. The summed E-state index contributed by atoms with van der Waals surface area (Å²) in [5.74, 6) is 0.416. The SMILES string of the molecule is COc1cc(N)ccc1NC(=O)CN1CCCC(O)C1. The van der Waals surface area contributed by atoms with Gasteiger partial charge in [-0.2, -0.15) is 0 Å². The zero-order chi connectivity index (χ0) is 14.5. The van der Waals surface area contributed by atoms with E-state index in [9.17, 15) is 9.90 Å². The number of carbonyl (C=O) groups is 1. The van der Waals surface area contributed by atoms with E-state index in [1.807, 2.05) is 4.90 Å². The first-order chi connectivity index (χ1) is 9.58. The van der Waals surface area contributed by atoms with Gasteiger partial charge in [-0.05, 0) is 31.5 Å². The Kier molecular flexibility index (Phi) is 4.81. The summed E-state index contributed by atoms with van der Waals surface area (Å²) in [4.78, 5) is 14.0. The van der Waals surface area contributed by atoms with Gasteiger partial charge in [-0.3, -0.25) is 9.69 Å². The van der Waals surface area contributed by atoms with Crippen molar-refractivity contribution in [2.45, 2.75) is 18.9 Å². The molecule has 1 amide bonds. The molecule has 0 bridgehead atoms. The number of nitrogens with one attached hydrogen (secondary N) is 1. The van der Waals surface area contributed by atoms with Crippen molar-refractivity contribution in [2.24, 2.45) is 0 Å². The fraction of sp³-hybridized carbons (Fsp3) is 0.500. The molecule has 1 fully saturated rings. The topological polar surface area (TPSA) is 87.8 Å². The Bertz CT molecular complexity index is 479. The maximum atomic E-state index is 12.0. The first-order valence-electron chi connectivity index (χ1n) is 6.72. The van der Waals surface area contributed by atoms with Crippen LogP contribution < -0.4 is 15.8 Å². The molecule has 0 aliphatic carbocycles. The highest BCUT2D eigenvalue weighted by molar-refractivity contribution is 5.94. The van der Waals surface area contributed by atoms with E-state index in [2.05, 4.69) is 5.32 Å². The molecule has 0 saturated carbocycles. The van der Waals surface area contributed by atoms with Gasteiger partial charge in [0.2, 0.25) is 5.91 Å². The number of hydrogen-bond donors (Lipinski definition) is 3. The van der Waals surface area contributed by atoms with E-state index >= 15 is 0 Å². The van der Waals surface area contributed by atoms with Gasteiger partial charge in [0.1, 0.15) is 5.75 Å². The van der Waals surface area contributed by atoms with Gasteiger partial charge in [0, 0.05) is 18.3 Å². The van der Waals surface area contributed by atoms with Crippen LogP contribution in [0.4, 0.5) is 11.4 Å². The predicted octanol–water partition coefficient (Wildman–Crippen LogP) is 0.673. The molecule has 1 aliphatic rings. The van der Waals surface area contributed by atoms with Crippen LogP contribution >= 0.6 is 0 Å². The lowest BCUT2D eigenvalue weighted by atomic mass is 10.1. The number of amides is 1. The van der Waals surface area contributed by atoms with E-state index in [0.29, 0.717) is 23.7 Å². The summed E-state index contributed by atoms with van der Waals surface area (Å²) in [5, 5.41) is 12.4. The van der Waals surface area contributed by atoms with Crippen LogP contribution in [0.25, 0.3) is 0 Å².